The topological polar surface area (TPSA) is 54.7 Å². The minimum absolute atomic E-state index is 0.0576. The van der Waals surface area contributed by atoms with Gasteiger partial charge in [0.25, 0.3) is 5.56 Å². The maximum Gasteiger partial charge on any atom is 0.258 e. The van der Waals surface area contributed by atoms with Crippen molar-refractivity contribution in [3.63, 3.8) is 0 Å². The summed E-state index contributed by atoms with van der Waals surface area (Å²) in [6, 6.07) is 9.84. The summed E-state index contributed by atoms with van der Waals surface area (Å²) >= 11 is 2.97. The van der Waals surface area contributed by atoms with Gasteiger partial charge in [0.1, 0.15) is 0 Å². The van der Waals surface area contributed by atoms with Gasteiger partial charge in [-0.3, -0.25) is 14.0 Å². The third-order valence-electron chi connectivity index (χ3n) is 4.58. The van der Waals surface area contributed by atoms with Crippen LogP contribution < -0.4 is 10.5 Å². The third kappa shape index (κ3) is 3.05. The van der Waals surface area contributed by atoms with Crippen LogP contribution in [0.15, 0.2) is 40.5 Å². The quantitative estimate of drug-likeness (QED) is 0.692. The van der Waals surface area contributed by atoms with Crippen LogP contribution in [0.4, 0.5) is 5.69 Å². The van der Waals surface area contributed by atoms with E-state index < -0.39 is 0 Å². The van der Waals surface area contributed by atoms with Crippen LogP contribution in [0.25, 0.3) is 4.96 Å². The van der Waals surface area contributed by atoms with E-state index in [0.717, 1.165) is 23.5 Å². The number of aryl methyl sites for hydroxylation is 1. The van der Waals surface area contributed by atoms with Crippen LogP contribution in [0.1, 0.15) is 23.9 Å². The van der Waals surface area contributed by atoms with Crippen molar-refractivity contribution in [3.05, 3.63) is 63.0 Å². The van der Waals surface area contributed by atoms with E-state index in [-0.39, 0.29) is 17.5 Å². The molecule has 0 radical (unpaired) electrons. The number of thiazole rings is 1. The van der Waals surface area contributed by atoms with Gasteiger partial charge in [0.2, 0.25) is 5.91 Å². The van der Waals surface area contributed by atoms with E-state index in [0.29, 0.717) is 16.5 Å². The second-order valence-electron chi connectivity index (χ2n) is 6.52. The van der Waals surface area contributed by atoms with Crippen LogP contribution in [-0.2, 0) is 17.0 Å². The first kappa shape index (κ1) is 17.3. The number of fused-ring (bicyclic) bond motifs is 2. The molecular formula is C19H19N3O2S2. The molecule has 134 valence electrons. The zero-order valence-electron chi connectivity index (χ0n) is 14.6. The average Bonchev–Trinajstić information content (AvgIpc) is 3.14. The molecule has 4 rings (SSSR count). The van der Waals surface area contributed by atoms with Crippen molar-refractivity contribution in [2.24, 2.45) is 0 Å². The first-order valence-corrected chi connectivity index (χ1v) is 10.5. The van der Waals surface area contributed by atoms with Crippen LogP contribution in [0.3, 0.4) is 0 Å². The highest BCUT2D eigenvalue weighted by Crippen LogP contribution is 2.32. The first-order valence-electron chi connectivity index (χ1n) is 8.49. The molecule has 1 aliphatic heterocycles. The van der Waals surface area contributed by atoms with Crippen molar-refractivity contribution in [3.8, 4) is 0 Å². The van der Waals surface area contributed by atoms with Crippen LogP contribution in [-0.4, -0.2) is 27.1 Å². The van der Waals surface area contributed by atoms with Gasteiger partial charge in [0.15, 0.2) is 4.96 Å². The molecule has 0 bridgehead atoms. The molecule has 0 spiro atoms. The lowest BCUT2D eigenvalue weighted by molar-refractivity contribution is -0.116. The zero-order chi connectivity index (χ0) is 18.3. The molecule has 0 fully saturated rings. The highest BCUT2D eigenvalue weighted by atomic mass is 32.2. The fraction of sp³-hybridized carbons (Fsp3) is 0.316. The number of nitrogens with zero attached hydrogens (tertiary/aromatic N) is 3. The predicted molar refractivity (Wildman–Crippen MR) is 107 cm³/mol. The monoisotopic (exact) mass is 385 g/mol. The number of anilines is 1. The molecule has 1 amide bonds. The summed E-state index contributed by atoms with van der Waals surface area (Å²) in [4.78, 5) is 32.1. The molecule has 26 heavy (non-hydrogen) atoms. The molecule has 1 aromatic carbocycles. The van der Waals surface area contributed by atoms with Crippen LogP contribution >= 0.6 is 23.1 Å². The average molecular weight is 386 g/mol. The van der Waals surface area contributed by atoms with Crippen molar-refractivity contribution in [2.45, 2.75) is 32.1 Å². The van der Waals surface area contributed by atoms with Gasteiger partial charge < -0.3 is 4.90 Å². The fourth-order valence-electron chi connectivity index (χ4n) is 3.43. The molecule has 1 aliphatic rings. The standard InChI is InChI=1S/C19H19N3O2S2/c1-12-7-14-5-3-4-6-16(14)21(12)18(24)11-25-10-15-8-17(23)22-13(2)9-26-19(22)20-15/h3-6,8-9,12H,7,10-11H2,1-2H3/t12-/m1/s1. The largest absolute Gasteiger partial charge is 0.308 e. The van der Waals surface area contributed by atoms with E-state index in [2.05, 4.69) is 18.0 Å². The molecule has 0 saturated heterocycles. The Bertz CT molecular complexity index is 1040. The van der Waals surface area contributed by atoms with Gasteiger partial charge in [-0.25, -0.2) is 4.98 Å². The van der Waals surface area contributed by atoms with Gasteiger partial charge in [-0.2, -0.15) is 0 Å². The van der Waals surface area contributed by atoms with Gasteiger partial charge in [-0.1, -0.05) is 18.2 Å². The number of benzene rings is 1. The summed E-state index contributed by atoms with van der Waals surface area (Å²) < 4.78 is 1.62. The van der Waals surface area contributed by atoms with Crippen molar-refractivity contribution in [1.29, 1.82) is 0 Å². The Balaban J connectivity index is 1.44. The summed E-state index contributed by atoms with van der Waals surface area (Å²) in [5, 5.41) is 1.93. The van der Waals surface area contributed by atoms with E-state index in [1.807, 2.05) is 35.4 Å². The minimum Gasteiger partial charge on any atom is -0.308 e. The number of rotatable bonds is 4. The smallest absolute Gasteiger partial charge is 0.258 e. The lowest BCUT2D eigenvalue weighted by atomic mass is 10.1. The Morgan fingerprint density at radius 3 is 3.04 bits per heavy atom. The second kappa shape index (κ2) is 6.89. The van der Waals surface area contributed by atoms with Gasteiger partial charge in [-0.15, -0.1) is 23.1 Å². The molecule has 0 unspecified atom stereocenters. The van der Waals surface area contributed by atoms with Crippen LogP contribution in [0.2, 0.25) is 0 Å². The molecule has 7 heteroatoms. The van der Waals surface area contributed by atoms with Crippen molar-refractivity contribution >= 4 is 39.7 Å². The molecule has 5 nitrogen and oxygen atoms in total. The lowest BCUT2D eigenvalue weighted by Gasteiger charge is -2.22. The summed E-state index contributed by atoms with van der Waals surface area (Å²) in [6.45, 7) is 3.98. The number of thioether (sulfide) groups is 1. The fourth-order valence-corrected chi connectivity index (χ4v) is 5.10. The number of aromatic nitrogens is 2. The van der Waals surface area contributed by atoms with E-state index in [1.165, 1.54) is 28.7 Å². The highest BCUT2D eigenvalue weighted by molar-refractivity contribution is 7.99. The van der Waals surface area contributed by atoms with E-state index >= 15 is 0 Å². The van der Waals surface area contributed by atoms with Crippen molar-refractivity contribution in [1.82, 2.24) is 9.38 Å². The zero-order valence-corrected chi connectivity index (χ0v) is 16.3. The molecule has 0 N–H and O–H groups in total. The Morgan fingerprint density at radius 1 is 1.38 bits per heavy atom. The molecular weight excluding hydrogens is 366 g/mol. The lowest BCUT2D eigenvalue weighted by Crippen LogP contribution is -2.37. The summed E-state index contributed by atoms with van der Waals surface area (Å²) in [5.74, 6) is 1.04. The third-order valence-corrected chi connectivity index (χ3v) is 6.47. The number of amides is 1. The SMILES string of the molecule is Cc1csc2nc(CSCC(=O)N3c4ccccc4C[C@H]3C)cc(=O)n12. The Kier molecular flexibility index (Phi) is 4.58. The van der Waals surface area contributed by atoms with Crippen LogP contribution in [0, 0.1) is 6.92 Å². The number of hydrogen-bond donors (Lipinski definition) is 0. The van der Waals surface area contributed by atoms with E-state index in [9.17, 15) is 9.59 Å². The summed E-state index contributed by atoms with van der Waals surface area (Å²) in [5.41, 5.74) is 3.82. The molecule has 0 aliphatic carbocycles. The summed E-state index contributed by atoms with van der Waals surface area (Å²) in [7, 11) is 0. The van der Waals surface area contributed by atoms with Crippen LogP contribution in [0.5, 0.6) is 0 Å². The van der Waals surface area contributed by atoms with E-state index in [1.54, 1.807) is 10.5 Å². The van der Waals surface area contributed by atoms with Gasteiger partial charge in [-0.05, 0) is 31.9 Å². The number of carbonyl (C=O) groups excluding carboxylic acids is 1. The first-order chi connectivity index (χ1) is 12.5. The number of hydrogen-bond acceptors (Lipinski definition) is 5. The molecule has 3 aromatic rings. The van der Waals surface area contributed by atoms with Crippen molar-refractivity contribution < 1.29 is 4.79 Å². The predicted octanol–water partition coefficient (Wildman–Crippen LogP) is 3.28. The highest BCUT2D eigenvalue weighted by Gasteiger charge is 2.30. The van der Waals surface area contributed by atoms with Gasteiger partial charge in [0, 0.05) is 34.6 Å². The second-order valence-corrected chi connectivity index (χ2v) is 8.34. The Labute approximate surface area is 159 Å². The maximum atomic E-state index is 12.7. The minimum atomic E-state index is -0.0576. The molecule has 1 atom stereocenters. The molecule has 2 aromatic heterocycles. The van der Waals surface area contributed by atoms with Gasteiger partial charge in [0.05, 0.1) is 11.4 Å². The molecule has 3 heterocycles. The Hall–Kier alpha value is -2.12. The normalized spacial score (nSPS) is 16.2. The van der Waals surface area contributed by atoms with Gasteiger partial charge >= 0.3 is 0 Å². The Morgan fingerprint density at radius 2 is 2.19 bits per heavy atom. The number of carbonyl (C=O) groups is 1. The van der Waals surface area contributed by atoms with Crippen molar-refractivity contribution in [2.75, 3.05) is 10.7 Å². The number of para-hydroxylation sites is 1. The maximum absolute atomic E-state index is 12.7. The summed E-state index contributed by atoms with van der Waals surface area (Å²) in [6.07, 6.45) is 0.902. The molecule has 0 saturated carbocycles. The van der Waals surface area contributed by atoms with E-state index in [4.69, 9.17) is 0 Å².